The predicted octanol–water partition coefficient (Wildman–Crippen LogP) is 2.38. The fourth-order valence-corrected chi connectivity index (χ4v) is 2.23. The Hall–Kier alpha value is -1.87. The number of nitrogens with zero attached hydrogens (tertiary/aromatic N) is 2. The molecule has 3 heteroatoms. The number of aromatic nitrogens is 1. The van der Waals surface area contributed by atoms with Crippen LogP contribution >= 0.6 is 0 Å². The first-order chi connectivity index (χ1) is 9.09. The smallest absolute Gasteiger partial charge is 0.196 e. The molecule has 0 saturated heterocycles. The second-order valence-corrected chi connectivity index (χ2v) is 5.04. The summed E-state index contributed by atoms with van der Waals surface area (Å²) >= 11 is 0. The SMILES string of the molecule is CN(C)[C@H](Cc1ccccc1)C(=O)c1cccn1C. The molecule has 1 aromatic heterocycles. The van der Waals surface area contributed by atoms with E-state index in [1.54, 1.807) is 0 Å². The summed E-state index contributed by atoms with van der Waals surface area (Å²) in [4.78, 5) is 14.6. The Morgan fingerprint density at radius 1 is 1.16 bits per heavy atom. The Kier molecular flexibility index (Phi) is 4.17. The van der Waals surface area contributed by atoms with Crippen molar-refractivity contribution in [3.63, 3.8) is 0 Å². The Labute approximate surface area is 114 Å². The lowest BCUT2D eigenvalue weighted by atomic mass is 10.00. The van der Waals surface area contributed by atoms with E-state index in [9.17, 15) is 4.79 Å². The van der Waals surface area contributed by atoms with E-state index in [0.717, 1.165) is 12.1 Å². The average Bonchev–Trinajstić information content (AvgIpc) is 2.82. The highest BCUT2D eigenvalue weighted by atomic mass is 16.1. The van der Waals surface area contributed by atoms with E-state index >= 15 is 0 Å². The summed E-state index contributed by atoms with van der Waals surface area (Å²) in [5, 5.41) is 0. The number of rotatable bonds is 5. The lowest BCUT2D eigenvalue weighted by Gasteiger charge is -2.23. The monoisotopic (exact) mass is 256 g/mol. The summed E-state index contributed by atoms with van der Waals surface area (Å²) in [7, 11) is 5.81. The number of likely N-dealkylation sites (N-methyl/N-ethyl adjacent to an activating group) is 1. The number of Topliss-reactive ketones (excluding diaryl/α,β-unsaturated/α-hetero) is 1. The molecule has 2 rings (SSSR count). The van der Waals surface area contributed by atoms with Crippen LogP contribution in [0.2, 0.25) is 0 Å². The van der Waals surface area contributed by atoms with Crippen LogP contribution in [0, 0.1) is 0 Å². The molecule has 0 aliphatic heterocycles. The minimum absolute atomic E-state index is 0.129. The van der Waals surface area contributed by atoms with E-state index in [0.29, 0.717) is 0 Å². The third kappa shape index (κ3) is 3.12. The van der Waals surface area contributed by atoms with Gasteiger partial charge in [-0.2, -0.15) is 0 Å². The van der Waals surface area contributed by atoms with Gasteiger partial charge >= 0.3 is 0 Å². The molecule has 1 atom stereocenters. The molecule has 100 valence electrons. The third-order valence-corrected chi connectivity index (χ3v) is 3.39. The van der Waals surface area contributed by atoms with Gasteiger partial charge in [0, 0.05) is 13.2 Å². The Morgan fingerprint density at radius 3 is 2.37 bits per heavy atom. The molecule has 0 aliphatic carbocycles. The van der Waals surface area contributed by atoms with Gasteiger partial charge in [0.2, 0.25) is 0 Å². The molecule has 1 heterocycles. The van der Waals surface area contributed by atoms with Crippen LogP contribution in [0.3, 0.4) is 0 Å². The highest BCUT2D eigenvalue weighted by Gasteiger charge is 2.24. The maximum absolute atomic E-state index is 12.6. The molecule has 3 nitrogen and oxygen atoms in total. The summed E-state index contributed by atoms with van der Waals surface area (Å²) in [5.41, 5.74) is 1.94. The first kappa shape index (κ1) is 13.6. The zero-order valence-electron chi connectivity index (χ0n) is 11.7. The van der Waals surface area contributed by atoms with Crippen molar-refractivity contribution in [1.82, 2.24) is 9.47 Å². The molecule has 0 spiro atoms. The number of hydrogen-bond donors (Lipinski definition) is 0. The molecule has 2 aromatic rings. The Balaban J connectivity index is 2.22. The fraction of sp³-hybridized carbons (Fsp3) is 0.312. The maximum atomic E-state index is 12.6. The minimum Gasteiger partial charge on any atom is -0.348 e. The normalized spacial score (nSPS) is 12.6. The number of carbonyl (C=O) groups excluding carboxylic acids is 1. The van der Waals surface area contributed by atoms with Gasteiger partial charge in [0.15, 0.2) is 5.78 Å². The lowest BCUT2D eigenvalue weighted by Crippen LogP contribution is -2.38. The third-order valence-electron chi connectivity index (χ3n) is 3.39. The van der Waals surface area contributed by atoms with Crippen molar-refractivity contribution in [2.45, 2.75) is 12.5 Å². The van der Waals surface area contributed by atoms with Crippen LogP contribution in [0.4, 0.5) is 0 Å². The second-order valence-electron chi connectivity index (χ2n) is 5.04. The second kappa shape index (κ2) is 5.85. The number of ketones is 1. The van der Waals surface area contributed by atoms with E-state index in [1.807, 2.05) is 67.1 Å². The fourth-order valence-electron chi connectivity index (χ4n) is 2.23. The van der Waals surface area contributed by atoms with Gasteiger partial charge in [-0.3, -0.25) is 9.69 Å². The Bertz CT molecular complexity index is 543. The number of aryl methyl sites for hydroxylation is 1. The van der Waals surface area contributed by atoms with Gasteiger partial charge in [-0.1, -0.05) is 30.3 Å². The van der Waals surface area contributed by atoms with Gasteiger partial charge < -0.3 is 4.57 Å². The standard InChI is InChI=1S/C16H20N2O/c1-17(2)15(12-13-8-5-4-6-9-13)16(19)14-10-7-11-18(14)3/h4-11,15H,12H2,1-3H3/t15-/m1/s1. The molecule has 0 radical (unpaired) electrons. The zero-order valence-corrected chi connectivity index (χ0v) is 11.7. The van der Waals surface area contributed by atoms with E-state index in [2.05, 4.69) is 12.1 Å². The quantitative estimate of drug-likeness (QED) is 0.767. The van der Waals surface area contributed by atoms with Crippen LogP contribution in [0.15, 0.2) is 48.7 Å². The molecule has 0 bridgehead atoms. The largest absolute Gasteiger partial charge is 0.348 e. The number of hydrogen-bond acceptors (Lipinski definition) is 2. The van der Waals surface area contributed by atoms with Gasteiger partial charge in [0.05, 0.1) is 11.7 Å². The zero-order chi connectivity index (χ0) is 13.8. The van der Waals surface area contributed by atoms with E-state index in [-0.39, 0.29) is 11.8 Å². The van der Waals surface area contributed by atoms with Crippen molar-refractivity contribution in [2.75, 3.05) is 14.1 Å². The molecular weight excluding hydrogens is 236 g/mol. The van der Waals surface area contributed by atoms with Gasteiger partial charge in [0.1, 0.15) is 0 Å². The van der Waals surface area contributed by atoms with Crippen LogP contribution in [-0.2, 0) is 13.5 Å². The summed E-state index contributed by atoms with van der Waals surface area (Å²) in [6.45, 7) is 0. The molecule has 0 saturated carbocycles. The molecule has 0 N–H and O–H groups in total. The molecule has 19 heavy (non-hydrogen) atoms. The first-order valence-corrected chi connectivity index (χ1v) is 6.45. The summed E-state index contributed by atoms with van der Waals surface area (Å²) in [5.74, 6) is 0.168. The topological polar surface area (TPSA) is 25.2 Å². The van der Waals surface area contributed by atoms with Crippen LogP contribution in [0.1, 0.15) is 16.1 Å². The predicted molar refractivity (Wildman–Crippen MR) is 77.4 cm³/mol. The van der Waals surface area contributed by atoms with E-state index in [4.69, 9.17) is 0 Å². The summed E-state index contributed by atoms with van der Waals surface area (Å²) in [6.07, 6.45) is 2.64. The van der Waals surface area contributed by atoms with Crippen LogP contribution in [-0.4, -0.2) is 35.4 Å². The molecule has 0 amide bonds. The summed E-state index contributed by atoms with van der Waals surface area (Å²) < 4.78 is 1.88. The van der Waals surface area contributed by atoms with Gasteiger partial charge in [-0.15, -0.1) is 0 Å². The first-order valence-electron chi connectivity index (χ1n) is 6.45. The van der Waals surface area contributed by atoms with Crippen molar-refractivity contribution in [3.8, 4) is 0 Å². The molecule has 0 aliphatic rings. The van der Waals surface area contributed by atoms with E-state index in [1.165, 1.54) is 5.56 Å². The number of carbonyl (C=O) groups is 1. The highest BCUT2D eigenvalue weighted by Crippen LogP contribution is 2.13. The molecule has 1 aromatic carbocycles. The lowest BCUT2D eigenvalue weighted by molar-refractivity contribution is 0.0866. The van der Waals surface area contributed by atoms with Crippen LogP contribution in [0.5, 0.6) is 0 Å². The van der Waals surface area contributed by atoms with Crippen molar-refractivity contribution < 1.29 is 4.79 Å². The van der Waals surface area contributed by atoms with Gasteiger partial charge in [0.25, 0.3) is 0 Å². The molecule has 0 fully saturated rings. The van der Waals surface area contributed by atoms with Crippen molar-refractivity contribution in [2.24, 2.45) is 7.05 Å². The van der Waals surface area contributed by atoms with Crippen LogP contribution < -0.4 is 0 Å². The highest BCUT2D eigenvalue weighted by molar-refractivity contribution is 5.99. The van der Waals surface area contributed by atoms with Crippen LogP contribution in [0.25, 0.3) is 0 Å². The van der Waals surface area contributed by atoms with Gasteiger partial charge in [-0.05, 0) is 38.2 Å². The van der Waals surface area contributed by atoms with Crippen molar-refractivity contribution in [3.05, 3.63) is 59.9 Å². The van der Waals surface area contributed by atoms with Crippen molar-refractivity contribution >= 4 is 5.78 Å². The van der Waals surface area contributed by atoms with Gasteiger partial charge in [-0.25, -0.2) is 0 Å². The number of benzene rings is 1. The summed E-state index contributed by atoms with van der Waals surface area (Å²) in [6, 6.07) is 13.8. The maximum Gasteiger partial charge on any atom is 0.196 e. The average molecular weight is 256 g/mol. The van der Waals surface area contributed by atoms with E-state index < -0.39 is 0 Å². The molecular formula is C16H20N2O. The minimum atomic E-state index is -0.129. The van der Waals surface area contributed by atoms with Crippen molar-refractivity contribution in [1.29, 1.82) is 0 Å². The Morgan fingerprint density at radius 2 is 1.84 bits per heavy atom. The molecule has 0 unspecified atom stereocenters.